The zero-order valence-corrected chi connectivity index (χ0v) is 21.1. The largest absolute Gasteiger partial charge is 0.378 e. The zero-order chi connectivity index (χ0) is 24.2. The fraction of sp³-hybridized carbons (Fsp3) is 0.423. The summed E-state index contributed by atoms with van der Waals surface area (Å²) in [5.41, 5.74) is 4.15. The third-order valence-corrected chi connectivity index (χ3v) is 7.50. The van der Waals surface area contributed by atoms with Gasteiger partial charge in [-0.1, -0.05) is 29.5 Å². The minimum atomic E-state index is -0.339. The Kier molecular flexibility index (Phi) is 7.24. The molecule has 0 radical (unpaired) electrons. The van der Waals surface area contributed by atoms with Crippen LogP contribution in [-0.4, -0.2) is 65.3 Å². The monoisotopic (exact) mass is 492 g/mol. The van der Waals surface area contributed by atoms with Crippen molar-refractivity contribution in [2.45, 2.75) is 37.1 Å². The van der Waals surface area contributed by atoms with Crippen LogP contribution in [0.1, 0.15) is 25.3 Å². The van der Waals surface area contributed by atoms with Crippen LogP contribution in [0.5, 0.6) is 0 Å². The standard InChI is InChI=1S/C26H32N6O2S/c1-19-5-9-23(10-6-19)32-25(31-13-3-4-14-31)28-29-26(32)35-20(2)24(33)27-21-7-11-22(12-8-21)30-15-17-34-18-16-30/h5-12,20H,3-4,13-18H2,1-2H3,(H,27,33). The van der Waals surface area contributed by atoms with Gasteiger partial charge in [-0.25, -0.2) is 0 Å². The summed E-state index contributed by atoms with van der Waals surface area (Å²) in [7, 11) is 0. The molecule has 9 heteroatoms. The number of hydrogen-bond donors (Lipinski definition) is 1. The van der Waals surface area contributed by atoms with E-state index in [0.717, 1.165) is 80.4 Å². The smallest absolute Gasteiger partial charge is 0.237 e. The number of nitrogens with zero attached hydrogens (tertiary/aromatic N) is 5. The summed E-state index contributed by atoms with van der Waals surface area (Å²) in [5.74, 6) is 0.787. The normalized spacial score (nSPS) is 17.0. The van der Waals surface area contributed by atoms with Gasteiger partial charge in [0, 0.05) is 37.6 Å². The number of aromatic nitrogens is 3. The van der Waals surface area contributed by atoms with Crippen molar-refractivity contribution in [2.24, 2.45) is 0 Å². The molecule has 2 aliphatic heterocycles. The van der Waals surface area contributed by atoms with Gasteiger partial charge < -0.3 is 19.9 Å². The van der Waals surface area contributed by atoms with Crippen LogP contribution in [0.2, 0.25) is 0 Å². The first-order chi connectivity index (χ1) is 17.1. The van der Waals surface area contributed by atoms with Crippen molar-refractivity contribution in [3.8, 4) is 5.69 Å². The number of nitrogens with one attached hydrogen (secondary N) is 1. The van der Waals surface area contributed by atoms with E-state index in [1.165, 1.54) is 17.3 Å². The summed E-state index contributed by atoms with van der Waals surface area (Å²) < 4.78 is 7.51. The Labute approximate surface area is 210 Å². The molecule has 0 saturated carbocycles. The Hall–Kier alpha value is -3.04. The van der Waals surface area contributed by atoms with Crippen LogP contribution in [0.3, 0.4) is 0 Å². The van der Waals surface area contributed by atoms with Crippen LogP contribution in [0.15, 0.2) is 53.7 Å². The van der Waals surface area contributed by atoms with Gasteiger partial charge in [0.15, 0.2) is 5.16 Å². The number of rotatable bonds is 7. The van der Waals surface area contributed by atoms with Crippen LogP contribution >= 0.6 is 11.8 Å². The Balaban J connectivity index is 1.29. The Bertz CT molecular complexity index is 1140. The predicted octanol–water partition coefficient (Wildman–Crippen LogP) is 4.13. The highest BCUT2D eigenvalue weighted by atomic mass is 32.2. The molecule has 1 amide bonds. The summed E-state index contributed by atoms with van der Waals surface area (Å²) in [6.07, 6.45) is 2.32. The summed E-state index contributed by atoms with van der Waals surface area (Å²) in [6.45, 7) is 9.22. The van der Waals surface area contributed by atoms with E-state index >= 15 is 0 Å². The number of ether oxygens (including phenoxy) is 1. The molecular weight excluding hydrogens is 460 g/mol. The number of morpholine rings is 1. The number of carbonyl (C=O) groups excluding carboxylic acids is 1. The summed E-state index contributed by atoms with van der Waals surface area (Å²) in [5, 5.41) is 12.4. The second-order valence-electron chi connectivity index (χ2n) is 9.04. The van der Waals surface area contributed by atoms with Crippen LogP contribution < -0.4 is 15.1 Å². The van der Waals surface area contributed by atoms with Gasteiger partial charge in [-0.05, 0) is 63.1 Å². The quantitative estimate of drug-likeness (QED) is 0.497. The SMILES string of the molecule is Cc1ccc(-n2c(SC(C)C(=O)Nc3ccc(N4CCOCC4)cc3)nnc2N2CCCC2)cc1. The van der Waals surface area contributed by atoms with Crippen molar-refractivity contribution in [3.63, 3.8) is 0 Å². The van der Waals surface area contributed by atoms with Gasteiger partial charge in [-0.3, -0.25) is 9.36 Å². The highest BCUT2D eigenvalue weighted by Gasteiger charge is 2.25. The van der Waals surface area contributed by atoms with Gasteiger partial charge in [0.05, 0.1) is 24.2 Å². The lowest BCUT2D eigenvalue weighted by Crippen LogP contribution is -2.36. The minimum absolute atomic E-state index is 0.0599. The van der Waals surface area contributed by atoms with Crippen molar-refractivity contribution in [3.05, 3.63) is 54.1 Å². The Morgan fingerprint density at radius 2 is 1.57 bits per heavy atom. The van der Waals surface area contributed by atoms with Gasteiger partial charge in [0.1, 0.15) is 0 Å². The van der Waals surface area contributed by atoms with E-state index in [2.05, 4.69) is 73.2 Å². The fourth-order valence-corrected chi connectivity index (χ4v) is 5.28. The number of carbonyl (C=O) groups is 1. The maximum absolute atomic E-state index is 13.0. The number of thioether (sulfide) groups is 1. The molecule has 3 aromatic rings. The second-order valence-corrected chi connectivity index (χ2v) is 10.4. The average Bonchev–Trinajstić information content (AvgIpc) is 3.56. The Morgan fingerprint density at radius 1 is 0.914 bits per heavy atom. The third kappa shape index (κ3) is 5.46. The van der Waals surface area contributed by atoms with E-state index in [1.54, 1.807) is 0 Å². The summed E-state index contributed by atoms with van der Waals surface area (Å²) in [6, 6.07) is 16.4. The molecule has 5 rings (SSSR count). The number of anilines is 3. The molecule has 0 bridgehead atoms. The van der Waals surface area contributed by atoms with Gasteiger partial charge in [0.2, 0.25) is 11.9 Å². The molecule has 3 heterocycles. The lowest BCUT2D eigenvalue weighted by Gasteiger charge is -2.28. The molecule has 184 valence electrons. The van der Waals surface area contributed by atoms with Crippen LogP contribution in [0, 0.1) is 6.92 Å². The van der Waals surface area contributed by atoms with Gasteiger partial charge in [-0.2, -0.15) is 0 Å². The summed E-state index contributed by atoms with van der Waals surface area (Å²) >= 11 is 1.43. The van der Waals surface area contributed by atoms with Gasteiger partial charge in [0.25, 0.3) is 0 Å². The highest BCUT2D eigenvalue weighted by Crippen LogP contribution is 2.31. The predicted molar refractivity (Wildman–Crippen MR) is 141 cm³/mol. The van der Waals surface area contributed by atoms with Crippen molar-refractivity contribution in [2.75, 3.05) is 54.5 Å². The molecule has 1 unspecified atom stereocenters. The number of benzene rings is 2. The van der Waals surface area contributed by atoms with Crippen molar-refractivity contribution < 1.29 is 9.53 Å². The molecular formula is C26H32N6O2S. The van der Waals surface area contributed by atoms with E-state index < -0.39 is 0 Å². The molecule has 2 aliphatic rings. The first kappa shape index (κ1) is 23.7. The second kappa shape index (κ2) is 10.7. The van der Waals surface area contributed by atoms with Gasteiger partial charge in [-0.15, -0.1) is 10.2 Å². The van der Waals surface area contributed by atoms with E-state index in [-0.39, 0.29) is 11.2 Å². The molecule has 1 N–H and O–H groups in total. The van der Waals surface area contributed by atoms with E-state index in [4.69, 9.17) is 4.74 Å². The maximum atomic E-state index is 13.0. The highest BCUT2D eigenvalue weighted by molar-refractivity contribution is 8.00. The zero-order valence-electron chi connectivity index (χ0n) is 20.3. The van der Waals surface area contributed by atoms with Crippen LogP contribution in [0.4, 0.5) is 17.3 Å². The fourth-order valence-electron chi connectivity index (χ4n) is 4.41. The minimum Gasteiger partial charge on any atom is -0.378 e. The molecule has 2 fully saturated rings. The number of hydrogen-bond acceptors (Lipinski definition) is 7. The van der Waals surface area contributed by atoms with E-state index in [0.29, 0.717) is 0 Å². The molecule has 1 atom stereocenters. The topological polar surface area (TPSA) is 75.5 Å². The van der Waals surface area contributed by atoms with E-state index in [1.807, 2.05) is 19.1 Å². The molecule has 2 saturated heterocycles. The molecule has 0 spiro atoms. The lowest BCUT2D eigenvalue weighted by molar-refractivity contribution is -0.115. The van der Waals surface area contributed by atoms with Crippen molar-refractivity contribution in [1.29, 1.82) is 0 Å². The molecule has 1 aromatic heterocycles. The summed E-state index contributed by atoms with van der Waals surface area (Å²) in [4.78, 5) is 17.6. The van der Waals surface area contributed by atoms with Crippen LogP contribution in [0.25, 0.3) is 5.69 Å². The van der Waals surface area contributed by atoms with Crippen LogP contribution in [-0.2, 0) is 9.53 Å². The molecule has 2 aromatic carbocycles. The van der Waals surface area contributed by atoms with Crippen molar-refractivity contribution >= 4 is 35.0 Å². The first-order valence-electron chi connectivity index (χ1n) is 12.3. The molecule has 35 heavy (non-hydrogen) atoms. The maximum Gasteiger partial charge on any atom is 0.237 e. The first-order valence-corrected chi connectivity index (χ1v) is 13.1. The van der Waals surface area contributed by atoms with Crippen molar-refractivity contribution in [1.82, 2.24) is 14.8 Å². The number of amides is 1. The molecule has 8 nitrogen and oxygen atoms in total. The molecule has 0 aliphatic carbocycles. The average molecular weight is 493 g/mol. The van der Waals surface area contributed by atoms with Gasteiger partial charge >= 0.3 is 0 Å². The Morgan fingerprint density at radius 3 is 2.26 bits per heavy atom. The lowest BCUT2D eigenvalue weighted by atomic mass is 10.2. The third-order valence-electron chi connectivity index (χ3n) is 6.46. The van der Waals surface area contributed by atoms with E-state index in [9.17, 15) is 4.79 Å². The number of aryl methyl sites for hydroxylation is 1.